The van der Waals surface area contributed by atoms with Crippen LogP contribution in [0.1, 0.15) is 103 Å². The number of ether oxygens (including phenoxy) is 1. The molecular formula is C86H75B2N7O. The topological polar surface area (TPSA) is 51.2 Å². The van der Waals surface area contributed by atoms with Crippen LogP contribution < -0.4 is 62.0 Å². The molecule has 10 aromatic carbocycles. The van der Waals surface area contributed by atoms with Crippen molar-refractivity contribution in [3.8, 4) is 11.6 Å². The molecule has 8 nitrogen and oxygen atoms in total. The highest BCUT2D eigenvalue weighted by atomic mass is 16.5. The fourth-order valence-corrected chi connectivity index (χ4v) is 17.0. The van der Waals surface area contributed by atoms with Crippen LogP contribution in [0.3, 0.4) is 0 Å². The number of hydrogen-bond donors (Lipinski definition) is 0. The quantitative estimate of drug-likeness (QED) is 0.133. The second kappa shape index (κ2) is 21.5. The van der Waals surface area contributed by atoms with E-state index in [-0.39, 0.29) is 35.1 Å². The maximum Gasteiger partial charge on any atom is 0.258 e. The van der Waals surface area contributed by atoms with E-state index in [0.717, 1.165) is 134 Å². The van der Waals surface area contributed by atoms with E-state index in [1.54, 1.807) is 0 Å². The lowest BCUT2D eigenvalue weighted by Crippen LogP contribution is -2.64. The summed E-state index contributed by atoms with van der Waals surface area (Å²) in [5.74, 6) is 3.76. The van der Waals surface area contributed by atoms with Crippen LogP contribution in [-0.4, -0.2) is 23.4 Å². The predicted molar refractivity (Wildman–Crippen MR) is 402 cm³/mol. The zero-order chi connectivity index (χ0) is 65.0. The molecular weight excluding hydrogens is 1170 g/mol. The molecule has 0 bridgehead atoms. The van der Waals surface area contributed by atoms with E-state index in [4.69, 9.17) is 14.7 Å². The molecule has 6 heterocycles. The number of pyridine rings is 2. The Bertz CT molecular complexity index is 5020. The van der Waals surface area contributed by atoms with Gasteiger partial charge in [0.15, 0.2) is 0 Å². The predicted octanol–water partition coefficient (Wildman–Crippen LogP) is 18.6. The SMILES string of the molecule is CC1(C)CCC(C)(C)c2cc(N3c4ccccc4B4c5cc6c(cc5Oc5nc(N(c7ccccc7)c7ccccc7)cc3c54)N(c3ccccc3)c3nc(N(c4ccccc4)c4ccccc4)cc4c3B6c3ccccc3N4c3ccc4c(c3)C(C)(C)CCC4(C)C)ccc21. The minimum Gasteiger partial charge on any atom is -0.440 e. The van der Waals surface area contributed by atoms with Gasteiger partial charge in [-0.2, -0.15) is 4.98 Å². The summed E-state index contributed by atoms with van der Waals surface area (Å²) in [7, 11) is 0. The standard InChI is InChI=1S/C86H75B2N7O/c1-83(2)46-48-85(5,6)65-50-61(42-44-63(65)83)93-71-40-26-24-38-67(71)87-69-52-70-76(53-73(69)95(60-36-22-13-23-37-60)81-79(87)74(93)54-77(89-81)91(56-28-14-9-15-29-56)57-30-16-10-17-31-57)96-82-80-75(55-78(90-82)92(58-32-18-11-19-33-58)59-34-20-12-21-35-59)94(72-41-27-25-39-68(72)88(70)80)62-43-45-64-66(51-62)86(7,8)49-47-84(64,3)4/h9-45,50-55H,46-49H2,1-8H3. The van der Waals surface area contributed by atoms with Crippen molar-refractivity contribution in [2.45, 2.75) is 103 Å². The Morgan fingerprint density at radius 3 is 1.19 bits per heavy atom. The number of fused-ring (bicyclic) bond motifs is 10. The van der Waals surface area contributed by atoms with Crippen molar-refractivity contribution in [3.05, 3.63) is 283 Å². The molecule has 0 unspecified atom stereocenters. The lowest BCUT2D eigenvalue weighted by atomic mass is 9.31. The lowest BCUT2D eigenvalue weighted by Gasteiger charge is -2.46. The molecule has 0 saturated heterocycles. The largest absolute Gasteiger partial charge is 0.440 e. The molecule has 2 aromatic heterocycles. The molecule has 0 atom stereocenters. The van der Waals surface area contributed by atoms with Crippen LogP contribution in [0, 0.1) is 0 Å². The maximum absolute atomic E-state index is 7.75. The summed E-state index contributed by atoms with van der Waals surface area (Å²) in [6, 6.07) is 96.0. The highest BCUT2D eigenvalue weighted by Gasteiger charge is 2.50. The first kappa shape index (κ1) is 58.0. The van der Waals surface area contributed by atoms with Gasteiger partial charge in [-0.05, 0) is 194 Å². The third-order valence-corrected chi connectivity index (χ3v) is 22.2. The molecule has 96 heavy (non-hydrogen) atoms. The third kappa shape index (κ3) is 8.97. The Balaban J connectivity index is 0.912. The van der Waals surface area contributed by atoms with Gasteiger partial charge in [0.25, 0.3) is 13.4 Å². The van der Waals surface area contributed by atoms with E-state index in [1.807, 2.05) is 0 Å². The number of anilines is 15. The van der Waals surface area contributed by atoms with Crippen LogP contribution in [0.2, 0.25) is 0 Å². The summed E-state index contributed by atoms with van der Waals surface area (Å²) < 4.78 is 7.75. The van der Waals surface area contributed by atoms with Gasteiger partial charge in [-0.15, -0.1) is 0 Å². The van der Waals surface area contributed by atoms with E-state index in [1.165, 1.54) is 38.6 Å². The molecule has 18 rings (SSSR count). The second-order valence-corrected chi connectivity index (χ2v) is 29.8. The van der Waals surface area contributed by atoms with Gasteiger partial charge in [0.2, 0.25) is 5.88 Å². The van der Waals surface area contributed by atoms with Gasteiger partial charge >= 0.3 is 0 Å². The number of benzene rings is 10. The molecule has 2 aliphatic carbocycles. The van der Waals surface area contributed by atoms with Crippen molar-refractivity contribution < 1.29 is 4.74 Å². The third-order valence-electron chi connectivity index (χ3n) is 22.2. The first-order valence-corrected chi connectivity index (χ1v) is 34.3. The van der Waals surface area contributed by atoms with Crippen LogP contribution in [0.25, 0.3) is 0 Å². The second-order valence-electron chi connectivity index (χ2n) is 29.8. The molecule has 0 saturated carbocycles. The summed E-state index contributed by atoms with van der Waals surface area (Å²) in [6.45, 7) is 18.9. The fourth-order valence-electron chi connectivity index (χ4n) is 17.0. The smallest absolute Gasteiger partial charge is 0.258 e. The van der Waals surface area contributed by atoms with E-state index in [9.17, 15) is 0 Å². The Kier molecular flexibility index (Phi) is 13.0. The number of nitrogens with zero attached hydrogens (tertiary/aromatic N) is 7. The van der Waals surface area contributed by atoms with Crippen LogP contribution in [0.5, 0.6) is 11.6 Å². The number of hydrogen-bond acceptors (Lipinski definition) is 8. The Morgan fingerprint density at radius 2 is 0.719 bits per heavy atom. The average Bonchev–Trinajstić information content (AvgIpc) is 0.690. The molecule has 0 N–H and O–H groups in total. The van der Waals surface area contributed by atoms with Gasteiger partial charge in [-0.3, -0.25) is 14.7 Å². The Labute approximate surface area is 565 Å². The van der Waals surface area contributed by atoms with Gasteiger partial charge in [-0.1, -0.05) is 201 Å². The normalized spacial score (nSPS) is 16.5. The van der Waals surface area contributed by atoms with Crippen molar-refractivity contribution >= 4 is 132 Å². The first-order chi connectivity index (χ1) is 46.6. The molecule has 0 amide bonds. The van der Waals surface area contributed by atoms with Crippen molar-refractivity contribution in [2.24, 2.45) is 0 Å². The van der Waals surface area contributed by atoms with Crippen molar-refractivity contribution in [1.29, 1.82) is 0 Å². The first-order valence-electron chi connectivity index (χ1n) is 34.3. The minimum absolute atomic E-state index is 0.0180. The number of aromatic nitrogens is 2. The Hall–Kier alpha value is -10.6. The van der Waals surface area contributed by atoms with Crippen molar-refractivity contribution in [3.63, 3.8) is 0 Å². The van der Waals surface area contributed by atoms with Gasteiger partial charge in [0.05, 0.1) is 5.69 Å². The van der Waals surface area contributed by atoms with Crippen molar-refractivity contribution in [1.82, 2.24) is 9.97 Å². The van der Waals surface area contributed by atoms with Crippen LogP contribution >= 0.6 is 0 Å². The minimum atomic E-state index is -0.261. The van der Waals surface area contributed by atoms with E-state index in [2.05, 4.69) is 341 Å². The van der Waals surface area contributed by atoms with E-state index >= 15 is 0 Å². The van der Waals surface area contributed by atoms with Gasteiger partial charge in [0, 0.05) is 86.2 Å². The van der Waals surface area contributed by atoms with Gasteiger partial charge in [0.1, 0.15) is 23.2 Å². The highest BCUT2D eigenvalue weighted by Crippen LogP contribution is 2.54. The zero-order valence-electron chi connectivity index (χ0n) is 55.8. The molecule has 0 radical (unpaired) electrons. The lowest BCUT2D eigenvalue weighted by molar-refractivity contribution is 0.332. The summed E-state index contributed by atoms with van der Waals surface area (Å²) in [5, 5.41) is 0. The van der Waals surface area contributed by atoms with Crippen LogP contribution in [0.4, 0.5) is 85.7 Å². The molecule has 0 spiro atoms. The summed E-state index contributed by atoms with van der Waals surface area (Å²) in [4.78, 5) is 24.0. The summed E-state index contributed by atoms with van der Waals surface area (Å²) in [5.41, 5.74) is 25.3. The van der Waals surface area contributed by atoms with Gasteiger partial charge < -0.3 is 14.5 Å². The van der Waals surface area contributed by atoms with Crippen LogP contribution in [-0.2, 0) is 21.7 Å². The molecule has 466 valence electrons. The Morgan fingerprint density at radius 1 is 0.323 bits per heavy atom. The molecule has 6 aliphatic rings. The maximum atomic E-state index is 7.75. The zero-order valence-corrected chi connectivity index (χ0v) is 55.8. The molecule has 12 aromatic rings. The van der Waals surface area contributed by atoms with E-state index in [0.29, 0.717) is 5.88 Å². The highest BCUT2D eigenvalue weighted by molar-refractivity contribution is 7.02. The average molecular weight is 1240 g/mol. The summed E-state index contributed by atoms with van der Waals surface area (Å²) in [6.07, 6.45) is 4.51. The van der Waals surface area contributed by atoms with Crippen LogP contribution in [0.15, 0.2) is 261 Å². The molecule has 4 aliphatic heterocycles. The fraction of sp³-hybridized carbons (Fsp3) is 0.186. The van der Waals surface area contributed by atoms with E-state index < -0.39 is 0 Å². The number of rotatable bonds is 9. The monoisotopic (exact) mass is 1240 g/mol. The summed E-state index contributed by atoms with van der Waals surface area (Å²) >= 11 is 0. The number of para-hydroxylation sites is 7. The van der Waals surface area contributed by atoms with Crippen molar-refractivity contribution in [2.75, 3.05) is 24.5 Å². The van der Waals surface area contributed by atoms with Gasteiger partial charge in [-0.25, -0.2) is 4.98 Å². The molecule has 10 heteroatoms. The molecule has 0 fully saturated rings.